The first-order valence-electron chi connectivity index (χ1n) is 11.0. The van der Waals surface area contributed by atoms with E-state index in [4.69, 9.17) is 0 Å². The maximum atomic E-state index is 12.6. The number of hydrogen-bond donors (Lipinski definition) is 3. The SMILES string of the molecule is Cl.O=C(CC1CCCC1)NC1CCC(C(=O)NC2CC3CCC(C2)N3)CC1. The molecule has 0 aromatic rings. The molecule has 2 heterocycles. The van der Waals surface area contributed by atoms with E-state index in [2.05, 4.69) is 16.0 Å². The van der Waals surface area contributed by atoms with Gasteiger partial charge in [0.2, 0.25) is 11.8 Å². The van der Waals surface area contributed by atoms with E-state index in [9.17, 15) is 9.59 Å². The summed E-state index contributed by atoms with van der Waals surface area (Å²) < 4.78 is 0. The van der Waals surface area contributed by atoms with Gasteiger partial charge in [0.05, 0.1) is 0 Å². The molecule has 4 aliphatic rings. The molecular weight excluding hydrogens is 362 g/mol. The van der Waals surface area contributed by atoms with Gasteiger partial charge in [-0.15, -0.1) is 12.4 Å². The topological polar surface area (TPSA) is 70.2 Å². The summed E-state index contributed by atoms with van der Waals surface area (Å²) in [6.45, 7) is 0. The van der Waals surface area contributed by atoms with Crippen LogP contribution in [0.25, 0.3) is 0 Å². The van der Waals surface area contributed by atoms with Crippen LogP contribution in [-0.2, 0) is 9.59 Å². The lowest BCUT2D eigenvalue weighted by atomic mass is 9.85. The highest BCUT2D eigenvalue weighted by Gasteiger charge is 2.35. The maximum absolute atomic E-state index is 12.6. The van der Waals surface area contributed by atoms with E-state index in [0.29, 0.717) is 30.5 Å². The van der Waals surface area contributed by atoms with Crippen molar-refractivity contribution >= 4 is 24.2 Å². The lowest BCUT2D eigenvalue weighted by Gasteiger charge is -2.33. The first-order valence-corrected chi connectivity index (χ1v) is 11.0. The first-order chi connectivity index (χ1) is 12.7. The number of piperidine rings is 1. The molecule has 4 fully saturated rings. The predicted octanol–water partition coefficient (Wildman–Crippen LogP) is 3.06. The second-order valence-corrected chi connectivity index (χ2v) is 9.29. The standard InChI is InChI=1S/C21H35N3O2.ClH/c25-20(11-14-3-1-2-4-14)23-16-7-5-15(6-8-16)21(26)24-19-12-17-9-10-18(13-19)22-17;/h14-19,22H,1-13H2,(H,23,25)(H,24,26);1H. The molecule has 2 saturated heterocycles. The van der Waals surface area contributed by atoms with Crippen LogP contribution in [0, 0.1) is 11.8 Å². The van der Waals surface area contributed by atoms with Crippen LogP contribution in [0.15, 0.2) is 0 Å². The molecule has 2 atom stereocenters. The van der Waals surface area contributed by atoms with Crippen molar-refractivity contribution in [3.63, 3.8) is 0 Å². The minimum atomic E-state index is 0. The highest BCUT2D eigenvalue weighted by atomic mass is 35.5. The Bertz CT molecular complexity index is 504. The Morgan fingerprint density at radius 3 is 2.04 bits per heavy atom. The van der Waals surface area contributed by atoms with Crippen LogP contribution < -0.4 is 16.0 Å². The molecule has 2 unspecified atom stereocenters. The number of carbonyl (C=O) groups is 2. The van der Waals surface area contributed by atoms with Gasteiger partial charge in [0.15, 0.2) is 0 Å². The minimum Gasteiger partial charge on any atom is -0.353 e. The second-order valence-electron chi connectivity index (χ2n) is 9.29. The Kier molecular flexibility index (Phi) is 7.43. The minimum absolute atomic E-state index is 0. The zero-order valence-electron chi connectivity index (χ0n) is 16.4. The molecule has 0 aromatic carbocycles. The molecule has 2 amide bonds. The van der Waals surface area contributed by atoms with Crippen LogP contribution in [-0.4, -0.2) is 36.0 Å². The van der Waals surface area contributed by atoms with Gasteiger partial charge in [-0.25, -0.2) is 0 Å². The molecule has 3 N–H and O–H groups in total. The molecule has 5 nitrogen and oxygen atoms in total. The van der Waals surface area contributed by atoms with Crippen molar-refractivity contribution < 1.29 is 9.59 Å². The number of carbonyl (C=O) groups excluding carboxylic acids is 2. The van der Waals surface area contributed by atoms with Crippen LogP contribution in [0.2, 0.25) is 0 Å². The molecule has 2 bridgehead atoms. The Balaban J connectivity index is 0.00000210. The van der Waals surface area contributed by atoms with E-state index in [1.807, 2.05) is 0 Å². The molecule has 6 heteroatoms. The fraction of sp³-hybridized carbons (Fsp3) is 0.905. The van der Waals surface area contributed by atoms with Crippen molar-refractivity contribution in [1.82, 2.24) is 16.0 Å². The zero-order valence-corrected chi connectivity index (χ0v) is 17.2. The molecule has 27 heavy (non-hydrogen) atoms. The van der Waals surface area contributed by atoms with Gasteiger partial charge in [-0.05, 0) is 70.1 Å². The zero-order chi connectivity index (χ0) is 17.9. The van der Waals surface area contributed by atoms with Gasteiger partial charge in [0.1, 0.15) is 0 Å². The van der Waals surface area contributed by atoms with Crippen molar-refractivity contribution in [3.05, 3.63) is 0 Å². The lowest BCUT2D eigenvalue weighted by molar-refractivity contribution is -0.127. The summed E-state index contributed by atoms with van der Waals surface area (Å²) in [5.74, 6) is 1.24. The van der Waals surface area contributed by atoms with E-state index < -0.39 is 0 Å². The summed E-state index contributed by atoms with van der Waals surface area (Å²) in [5.41, 5.74) is 0. The molecule has 0 radical (unpaired) electrons. The van der Waals surface area contributed by atoms with Crippen molar-refractivity contribution in [2.75, 3.05) is 0 Å². The molecule has 2 aliphatic heterocycles. The van der Waals surface area contributed by atoms with Crippen molar-refractivity contribution in [3.8, 4) is 0 Å². The monoisotopic (exact) mass is 397 g/mol. The molecule has 0 aromatic heterocycles. The number of nitrogens with one attached hydrogen (secondary N) is 3. The second kappa shape index (κ2) is 9.60. The molecular formula is C21H36ClN3O2. The first kappa shape index (κ1) is 20.9. The van der Waals surface area contributed by atoms with E-state index >= 15 is 0 Å². The van der Waals surface area contributed by atoms with Crippen LogP contribution in [0.4, 0.5) is 0 Å². The maximum Gasteiger partial charge on any atom is 0.223 e. The molecule has 4 rings (SSSR count). The molecule has 0 spiro atoms. The number of rotatable bonds is 5. The van der Waals surface area contributed by atoms with Gasteiger partial charge in [-0.3, -0.25) is 9.59 Å². The number of fused-ring (bicyclic) bond motifs is 2. The van der Waals surface area contributed by atoms with Crippen LogP contribution in [0.5, 0.6) is 0 Å². The van der Waals surface area contributed by atoms with Gasteiger partial charge in [0, 0.05) is 36.5 Å². The quantitative estimate of drug-likeness (QED) is 0.667. The smallest absolute Gasteiger partial charge is 0.223 e. The van der Waals surface area contributed by atoms with Gasteiger partial charge in [0.25, 0.3) is 0 Å². The fourth-order valence-corrected chi connectivity index (χ4v) is 5.76. The van der Waals surface area contributed by atoms with Crippen molar-refractivity contribution in [1.29, 1.82) is 0 Å². The fourth-order valence-electron chi connectivity index (χ4n) is 5.76. The van der Waals surface area contributed by atoms with E-state index in [1.54, 1.807) is 0 Å². The average molecular weight is 398 g/mol. The predicted molar refractivity (Wildman–Crippen MR) is 109 cm³/mol. The summed E-state index contributed by atoms with van der Waals surface area (Å²) in [6.07, 6.45) is 14.2. The normalized spacial score (nSPS) is 36.1. The Hall–Kier alpha value is -0.810. The number of halogens is 1. The highest BCUT2D eigenvalue weighted by Crippen LogP contribution is 2.30. The number of hydrogen-bond acceptors (Lipinski definition) is 3. The summed E-state index contributed by atoms with van der Waals surface area (Å²) in [4.78, 5) is 24.9. The van der Waals surface area contributed by atoms with Gasteiger partial charge < -0.3 is 16.0 Å². The van der Waals surface area contributed by atoms with Crippen molar-refractivity contribution in [2.45, 2.75) is 108 Å². The van der Waals surface area contributed by atoms with Gasteiger partial charge in [-0.1, -0.05) is 12.8 Å². The van der Waals surface area contributed by atoms with Crippen molar-refractivity contribution in [2.24, 2.45) is 11.8 Å². The van der Waals surface area contributed by atoms with E-state index in [1.165, 1.54) is 38.5 Å². The molecule has 2 saturated carbocycles. The largest absolute Gasteiger partial charge is 0.353 e. The third-order valence-electron chi connectivity index (χ3n) is 7.23. The van der Waals surface area contributed by atoms with E-state index in [-0.39, 0.29) is 36.2 Å². The Labute approximate surface area is 169 Å². The summed E-state index contributed by atoms with van der Waals surface area (Å²) >= 11 is 0. The Morgan fingerprint density at radius 2 is 1.41 bits per heavy atom. The number of amides is 2. The summed E-state index contributed by atoms with van der Waals surface area (Å²) in [5, 5.41) is 10.2. The summed E-state index contributed by atoms with van der Waals surface area (Å²) in [6, 6.07) is 1.88. The van der Waals surface area contributed by atoms with Crippen LogP contribution >= 0.6 is 12.4 Å². The molecule has 2 aliphatic carbocycles. The average Bonchev–Trinajstić information content (AvgIpc) is 3.25. The van der Waals surface area contributed by atoms with Gasteiger partial charge >= 0.3 is 0 Å². The third-order valence-corrected chi connectivity index (χ3v) is 7.23. The van der Waals surface area contributed by atoms with Gasteiger partial charge in [-0.2, -0.15) is 0 Å². The third kappa shape index (κ3) is 5.60. The van der Waals surface area contributed by atoms with Crippen LogP contribution in [0.3, 0.4) is 0 Å². The highest BCUT2D eigenvalue weighted by molar-refractivity contribution is 5.85. The summed E-state index contributed by atoms with van der Waals surface area (Å²) in [7, 11) is 0. The van der Waals surface area contributed by atoms with Crippen LogP contribution in [0.1, 0.15) is 83.5 Å². The lowest BCUT2D eigenvalue weighted by Crippen LogP contribution is -2.50. The van der Waals surface area contributed by atoms with E-state index in [0.717, 1.165) is 38.5 Å². The molecule has 154 valence electrons. The Morgan fingerprint density at radius 1 is 0.778 bits per heavy atom.